The summed E-state index contributed by atoms with van der Waals surface area (Å²) >= 11 is 0. The SMILES string of the molecule is Cl.O=c1ccc(N2CCOCC2)n[nH]1. The number of morpholine rings is 1. The molecule has 1 aliphatic heterocycles. The molecule has 0 amide bonds. The van der Waals surface area contributed by atoms with Crippen LogP contribution < -0.4 is 10.5 Å². The van der Waals surface area contributed by atoms with Gasteiger partial charge in [0.15, 0.2) is 0 Å². The number of aromatic nitrogens is 2. The first-order chi connectivity index (χ1) is 6.36. The third-order valence-electron chi connectivity index (χ3n) is 2.00. The van der Waals surface area contributed by atoms with E-state index in [0.717, 1.165) is 32.1 Å². The van der Waals surface area contributed by atoms with E-state index in [9.17, 15) is 4.79 Å². The summed E-state index contributed by atoms with van der Waals surface area (Å²) in [6.45, 7) is 3.11. The zero-order chi connectivity index (χ0) is 9.10. The highest BCUT2D eigenvalue weighted by Crippen LogP contribution is 2.08. The number of hydrogen-bond acceptors (Lipinski definition) is 4. The van der Waals surface area contributed by atoms with Crippen molar-refractivity contribution in [1.29, 1.82) is 0 Å². The largest absolute Gasteiger partial charge is 0.378 e. The van der Waals surface area contributed by atoms with E-state index < -0.39 is 0 Å². The fourth-order valence-corrected chi connectivity index (χ4v) is 1.31. The van der Waals surface area contributed by atoms with Crippen LogP contribution in [0.15, 0.2) is 16.9 Å². The summed E-state index contributed by atoms with van der Waals surface area (Å²) in [7, 11) is 0. The highest BCUT2D eigenvalue weighted by Gasteiger charge is 2.11. The van der Waals surface area contributed by atoms with Crippen molar-refractivity contribution in [2.24, 2.45) is 0 Å². The van der Waals surface area contributed by atoms with Gasteiger partial charge in [-0.1, -0.05) is 0 Å². The first kappa shape index (κ1) is 11.0. The van der Waals surface area contributed by atoms with Gasteiger partial charge in [0.05, 0.1) is 13.2 Å². The maximum Gasteiger partial charge on any atom is 0.264 e. The average Bonchev–Trinajstić information content (AvgIpc) is 2.20. The van der Waals surface area contributed by atoms with Crippen LogP contribution in [0, 0.1) is 0 Å². The highest BCUT2D eigenvalue weighted by molar-refractivity contribution is 5.85. The lowest BCUT2D eigenvalue weighted by Gasteiger charge is -2.27. The summed E-state index contributed by atoms with van der Waals surface area (Å²) in [5.41, 5.74) is -0.169. The molecule has 0 radical (unpaired) electrons. The van der Waals surface area contributed by atoms with Gasteiger partial charge in [0, 0.05) is 19.2 Å². The normalized spacial score (nSPS) is 16.1. The van der Waals surface area contributed by atoms with E-state index in [4.69, 9.17) is 4.74 Å². The van der Waals surface area contributed by atoms with Crippen LogP contribution in [-0.4, -0.2) is 36.5 Å². The number of rotatable bonds is 1. The van der Waals surface area contributed by atoms with Crippen molar-refractivity contribution in [2.45, 2.75) is 0 Å². The van der Waals surface area contributed by atoms with Crippen molar-refractivity contribution in [1.82, 2.24) is 10.2 Å². The molecule has 0 atom stereocenters. The second-order valence-corrected chi connectivity index (χ2v) is 2.88. The average molecular weight is 218 g/mol. The first-order valence-electron chi connectivity index (χ1n) is 4.25. The van der Waals surface area contributed by atoms with Gasteiger partial charge in [0.1, 0.15) is 5.82 Å². The zero-order valence-corrected chi connectivity index (χ0v) is 8.42. The lowest BCUT2D eigenvalue weighted by molar-refractivity contribution is 0.122. The highest BCUT2D eigenvalue weighted by atomic mass is 35.5. The summed E-state index contributed by atoms with van der Waals surface area (Å²) in [6, 6.07) is 3.21. The van der Waals surface area contributed by atoms with Crippen molar-refractivity contribution in [2.75, 3.05) is 31.2 Å². The molecule has 6 heteroatoms. The summed E-state index contributed by atoms with van der Waals surface area (Å²) < 4.78 is 5.20. The quantitative estimate of drug-likeness (QED) is 0.721. The molecule has 78 valence electrons. The van der Waals surface area contributed by atoms with Crippen LogP contribution in [-0.2, 0) is 4.74 Å². The molecule has 1 aliphatic rings. The van der Waals surface area contributed by atoms with Gasteiger partial charge in [0.25, 0.3) is 5.56 Å². The molecule has 0 aliphatic carbocycles. The van der Waals surface area contributed by atoms with Crippen LogP contribution in [0.5, 0.6) is 0 Å². The summed E-state index contributed by atoms with van der Waals surface area (Å²) in [6.07, 6.45) is 0. The van der Waals surface area contributed by atoms with Crippen LogP contribution in [0.4, 0.5) is 5.82 Å². The molecule has 1 saturated heterocycles. The molecule has 14 heavy (non-hydrogen) atoms. The third-order valence-corrected chi connectivity index (χ3v) is 2.00. The fourth-order valence-electron chi connectivity index (χ4n) is 1.31. The van der Waals surface area contributed by atoms with Crippen molar-refractivity contribution >= 4 is 18.2 Å². The fraction of sp³-hybridized carbons (Fsp3) is 0.500. The predicted molar refractivity (Wildman–Crippen MR) is 55.1 cm³/mol. The minimum Gasteiger partial charge on any atom is -0.378 e. The Morgan fingerprint density at radius 3 is 2.64 bits per heavy atom. The molecular weight excluding hydrogens is 206 g/mol. The van der Waals surface area contributed by atoms with Gasteiger partial charge in [-0.25, -0.2) is 5.10 Å². The number of ether oxygens (including phenoxy) is 1. The van der Waals surface area contributed by atoms with Gasteiger partial charge in [-0.15, -0.1) is 12.4 Å². The Hall–Kier alpha value is -1.07. The van der Waals surface area contributed by atoms with Gasteiger partial charge in [-0.2, -0.15) is 5.10 Å². The van der Waals surface area contributed by atoms with Gasteiger partial charge >= 0.3 is 0 Å². The maximum absolute atomic E-state index is 10.7. The molecule has 1 fully saturated rings. The third kappa shape index (κ3) is 2.46. The molecule has 2 rings (SSSR count). The second-order valence-electron chi connectivity index (χ2n) is 2.88. The number of H-pyrrole nitrogens is 1. The van der Waals surface area contributed by atoms with Crippen LogP contribution in [0.25, 0.3) is 0 Å². The van der Waals surface area contributed by atoms with E-state index >= 15 is 0 Å². The molecule has 0 spiro atoms. The summed E-state index contributed by atoms with van der Waals surface area (Å²) in [5.74, 6) is 0.808. The van der Waals surface area contributed by atoms with Crippen molar-refractivity contribution < 1.29 is 4.74 Å². The van der Waals surface area contributed by atoms with E-state index in [2.05, 4.69) is 15.1 Å². The molecule has 0 unspecified atom stereocenters. The van der Waals surface area contributed by atoms with Crippen molar-refractivity contribution in [3.63, 3.8) is 0 Å². The minimum atomic E-state index is -0.169. The Bertz CT molecular complexity index is 315. The first-order valence-corrected chi connectivity index (χ1v) is 4.25. The van der Waals surface area contributed by atoms with Gasteiger partial charge < -0.3 is 9.64 Å². The van der Waals surface area contributed by atoms with Crippen LogP contribution >= 0.6 is 12.4 Å². The molecule has 1 N–H and O–H groups in total. The zero-order valence-electron chi connectivity index (χ0n) is 7.60. The van der Waals surface area contributed by atoms with Crippen LogP contribution in [0.2, 0.25) is 0 Å². The Labute approximate surface area is 87.5 Å². The van der Waals surface area contributed by atoms with Crippen LogP contribution in [0.1, 0.15) is 0 Å². The van der Waals surface area contributed by atoms with E-state index in [0.29, 0.717) is 0 Å². The topological polar surface area (TPSA) is 58.2 Å². The van der Waals surface area contributed by atoms with E-state index in [1.54, 1.807) is 6.07 Å². The van der Waals surface area contributed by atoms with Gasteiger partial charge in [0.2, 0.25) is 0 Å². The lowest BCUT2D eigenvalue weighted by Crippen LogP contribution is -2.37. The van der Waals surface area contributed by atoms with E-state index in [1.807, 2.05) is 0 Å². The number of nitrogens with one attached hydrogen (secondary N) is 1. The molecule has 0 saturated carbocycles. The molecule has 0 aromatic carbocycles. The predicted octanol–water partition coefficient (Wildman–Crippen LogP) is 0.0283. The Kier molecular flexibility index (Phi) is 3.91. The number of hydrogen-bond donors (Lipinski definition) is 1. The standard InChI is InChI=1S/C8H11N3O2.ClH/c12-8-2-1-7(9-10-8)11-3-5-13-6-4-11;/h1-2H,3-6H2,(H,10,12);1H. The van der Waals surface area contributed by atoms with Gasteiger partial charge in [-0.05, 0) is 6.07 Å². The van der Waals surface area contributed by atoms with E-state index in [1.165, 1.54) is 6.07 Å². The Balaban J connectivity index is 0.000000980. The molecule has 5 nitrogen and oxygen atoms in total. The monoisotopic (exact) mass is 217 g/mol. The number of nitrogens with zero attached hydrogens (tertiary/aromatic N) is 2. The molecular formula is C8H12ClN3O2. The number of aromatic amines is 1. The number of anilines is 1. The smallest absolute Gasteiger partial charge is 0.264 e. The minimum absolute atomic E-state index is 0. The van der Waals surface area contributed by atoms with Crippen molar-refractivity contribution in [3.05, 3.63) is 22.5 Å². The molecule has 1 aromatic rings. The maximum atomic E-state index is 10.7. The molecule has 1 aromatic heterocycles. The summed E-state index contributed by atoms with van der Waals surface area (Å²) in [5, 5.41) is 6.34. The Morgan fingerprint density at radius 2 is 2.07 bits per heavy atom. The second kappa shape index (κ2) is 4.97. The lowest BCUT2D eigenvalue weighted by atomic mass is 10.4. The molecule has 2 heterocycles. The number of halogens is 1. The summed E-state index contributed by atoms with van der Waals surface area (Å²) in [4.78, 5) is 12.8. The van der Waals surface area contributed by atoms with Gasteiger partial charge in [-0.3, -0.25) is 4.79 Å². The Morgan fingerprint density at radius 1 is 1.36 bits per heavy atom. The van der Waals surface area contributed by atoms with E-state index in [-0.39, 0.29) is 18.0 Å². The van der Waals surface area contributed by atoms with Crippen molar-refractivity contribution in [3.8, 4) is 0 Å². The van der Waals surface area contributed by atoms with Crippen LogP contribution in [0.3, 0.4) is 0 Å². The molecule has 0 bridgehead atoms.